The second kappa shape index (κ2) is 6.97. The molecule has 6 nitrogen and oxygen atoms in total. The Kier molecular flexibility index (Phi) is 4.58. The SMILES string of the molecule is CNCc1ccc(N=Nc2ccc(N3C(=O)C=CC3=O)cc2)cc1. The molecule has 1 aliphatic rings. The van der Waals surface area contributed by atoms with Gasteiger partial charge in [0.05, 0.1) is 17.1 Å². The van der Waals surface area contributed by atoms with Crippen LogP contribution < -0.4 is 10.2 Å². The van der Waals surface area contributed by atoms with Crippen LogP contribution in [-0.4, -0.2) is 18.9 Å². The first-order valence-corrected chi connectivity index (χ1v) is 7.49. The lowest BCUT2D eigenvalue weighted by atomic mass is 10.2. The minimum atomic E-state index is -0.337. The average Bonchev–Trinajstić information content (AvgIpc) is 2.94. The number of amides is 2. The summed E-state index contributed by atoms with van der Waals surface area (Å²) < 4.78 is 0. The molecular formula is C18H16N4O2. The van der Waals surface area contributed by atoms with Crippen molar-refractivity contribution in [2.24, 2.45) is 10.2 Å². The number of imide groups is 1. The van der Waals surface area contributed by atoms with Crippen molar-refractivity contribution in [3.05, 3.63) is 66.2 Å². The quantitative estimate of drug-likeness (QED) is 0.679. The number of carbonyl (C=O) groups is 2. The molecular weight excluding hydrogens is 304 g/mol. The molecule has 1 heterocycles. The molecule has 0 saturated carbocycles. The molecule has 3 rings (SSSR count). The summed E-state index contributed by atoms with van der Waals surface area (Å²) in [6.07, 6.45) is 2.52. The molecule has 2 aromatic carbocycles. The average molecular weight is 320 g/mol. The predicted molar refractivity (Wildman–Crippen MR) is 91.5 cm³/mol. The zero-order valence-corrected chi connectivity index (χ0v) is 13.1. The van der Waals surface area contributed by atoms with Crippen LogP contribution in [0.1, 0.15) is 5.56 Å². The van der Waals surface area contributed by atoms with Crippen molar-refractivity contribution >= 4 is 28.9 Å². The third-order valence-corrected chi connectivity index (χ3v) is 3.52. The van der Waals surface area contributed by atoms with Crippen molar-refractivity contribution in [1.82, 2.24) is 5.32 Å². The lowest BCUT2D eigenvalue weighted by molar-refractivity contribution is -0.119. The molecule has 2 amide bonds. The number of carbonyl (C=O) groups excluding carboxylic acids is 2. The van der Waals surface area contributed by atoms with Gasteiger partial charge in [-0.25, -0.2) is 4.90 Å². The molecule has 0 fully saturated rings. The van der Waals surface area contributed by atoms with Crippen molar-refractivity contribution in [2.45, 2.75) is 6.54 Å². The van der Waals surface area contributed by atoms with Crippen LogP contribution >= 0.6 is 0 Å². The first-order valence-electron chi connectivity index (χ1n) is 7.49. The standard InChI is InChI=1S/C18H16N4O2/c1-19-12-13-2-4-14(5-3-13)20-21-15-6-8-16(9-7-15)22-17(23)10-11-18(22)24/h2-11,19H,12H2,1H3. The summed E-state index contributed by atoms with van der Waals surface area (Å²) in [6, 6.07) is 14.6. The molecule has 6 heteroatoms. The van der Waals surface area contributed by atoms with Gasteiger partial charge in [-0.05, 0) is 49.0 Å². The van der Waals surface area contributed by atoms with E-state index in [1.165, 1.54) is 17.7 Å². The molecule has 0 aromatic heterocycles. The van der Waals surface area contributed by atoms with Gasteiger partial charge in [0.1, 0.15) is 0 Å². The minimum absolute atomic E-state index is 0.337. The molecule has 1 N–H and O–H groups in total. The van der Waals surface area contributed by atoms with Crippen LogP contribution in [0.3, 0.4) is 0 Å². The summed E-state index contributed by atoms with van der Waals surface area (Å²) in [6.45, 7) is 0.807. The number of nitrogens with zero attached hydrogens (tertiary/aromatic N) is 3. The highest BCUT2D eigenvalue weighted by Crippen LogP contribution is 2.24. The summed E-state index contributed by atoms with van der Waals surface area (Å²) in [7, 11) is 1.90. The molecule has 0 saturated heterocycles. The van der Waals surface area contributed by atoms with Gasteiger partial charge in [-0.2, -0.15) is 10.2 Å². The zero-order valence-electron chi connectivity index (χ0n) is 13.1. The fraction of sp³-hybridized carbons (Fsp3) is 0.111. The van der Waals surface area contributed by atoms with Gasteiger partial charge in [0.2, 0.25) is 0 Å². The third-order valence-electron chi connectivity index (χ3n) is 3.52. The largest absolute Gasteiger partial charge is 0.316 e. The van der Waals surface area contributed by atoms with Gasteiger partial charge in [-0.15, -0.1) is 0 Å². The van der Waals surface area contributed by atoms with Gasteiger partial charge in [-0.3, -0.25) is 9.59 Å². The molecule has 0 unspecified atom stereocenters. The molecule has 24 heavy (non-hydrogen) atoms. The van der Waals surface area contributed by atoms with Gasteiger partial charge in [0.15, 0.2) is 0 Å². The van der Waals surface area contributed by atoms with Gasteiger partial charge < -0.3 is 5.32 Å². The van der Waals surface area contributed by atoms with Crippen molar-refractivity contribution < 1.29 is 9.59 Å². The molecule has 120 valence electrons. The van der Waals surface area contributed by atoms with Gasteiger partial charge in [0.25, 0.3) is 11.8 Å². The lowest BCUT2D eigenvalue weighted by Crippen LogP contribution is -2.29. The Morgan fingerprint density at radius 2 is 1.33 bits per heavy atom. The molecule has 1 aliphatic heterocycles. The highest BCUT2D eigenvalue weighted by Gasteiger charge is 2.24. The number of hydrogen-bond acceptors (Lipinski definition) is 5. The minimum Gasteiger partial charge on any atom is -0.316 e. The van der Waals surface area contributed by atoms with Crippen molar-refractivity contribution in [1.29, 1.82) is 0 Å². The van der Waals surface area contributed by atoms with Crippen molar-refractivity contribution in [3.8, 4) is 0 Å². The van der Waals surface area contributed by atoms with Crippen LogP contribution in [0.25, 0.3) is 0 Å². The molecule has 0 atom stereocenters. The van der Waals surface area contributed by atoms with Crippen LogP contribution in [0, 0.1) is 0 Å². The Morgan fingerprint density at radius 3 is 1.83 bits per heavy atom. The maximum atomic E-state index is 11.6. The maximum Gasteiger partial charge on any atom is 0.258 e. The Balaban J connectivity index is 1.69. The normalized spacial score (nSPS) is 14.1. The van der Waals surface area contributed by atoms with E-state index in [4.69, 9.17) is 0 Å². The summed E-state index contributed by atoms with van der Waals surface area (Å²) >= 11 is 0. The van der Waals surface area contributed by atoms with Crippen molar-refractivity contribution in [3.63, 3.8) is 0 Å². The highest BCUT2D eigenvalue weighted by molar-refractivity contribution is 6.28. The first kappa shape index (κ1) is 15.8. The molecule has 0 aliphatic carbocycles. The molecule has 0 radical (unpaired) electrons. The number of hydrogen-bond donors (Lipinski definition) is 1. The second-order valence-electron chi connectivity index (χ2n) is 5.26. The van der Waals surface area contributed by atoms with Gasteiger partial charge >= 0.3 is 0 Å². The number of anilines is 1. The van der Waals surface area contributed by atoms with E-state index in [9.17, 15) is 9.59 Å². The number of rotatable bonds is 5. The Morgan fingerprint density at radius 1 is 0.833 bits per heavy atom. The van der Waals surface area contributed by atoms with Crippen LogP contribution in [0.15, 0.2) is 70.9 Å². The topological polar surface area (TPSA) is 74.1 Å². The summed E-state index contributed by atoms with van der Waals surface area (Å²) in [5, 5.41) is 11.4. The van der Waals surface area contributed by atoms with Crippen LogP contribution in [0.5, 0.6) is 0 Å². The second-order valence-corrected chi connectivity index (χ2v) is 5.26. The van der Waals surface area contributed by atoms with Gasteiger partial charge in [0, 0.05) is 18.7 Å². The van der Waals surface area contributed by atoms with Crippen molar-refractivity contribution in [2.75, 3.05) is 11.9 Å². The monoisotopic (exact) mass is 320 g/mol. The lowest BCUT2D eigenvalue weighted by Gasteiger charge is -2.13. The number of benzene rings is 2. The van der Waals surface area contributed by atoms with E-state index in [-0.39, 0.29) is 11.8 Å². The summed E-state index contributed by atoms with van der Waals surface area (Å²) in [5.74, 6) is -0.674. The third kappa shape index (κ3) is 3.44. The maximum absolute atomic E-state index is 11.6. The van der Waals surface area contributed by atoms with Crippen LogP contribution in [-0.2, 0) is 16.1 Å². The van der Waals surface area contributed by atoms with Gasteiger partial charge in [-0.1, -0.05) is 12.1 Å². The molecule has 2 aromatic rings. The number of nitrogens with one attached hydrogen (secondary N) is 1. The fourth-order valence-electron chi connectivity index (χ4n) is 2.32. The fourth-order valence-corrected chi connectivity index (χ4v) is 2.32. The smallest absolute Gasteiger partial charge is 0.258 e. The highest BCUT2D eigenvalue weighted by atomic mass is 16.2. The predicted octanol–water partition coefficient (Wildman–Crippen LogP) is 3.25. The summed E-state index contributed by atoms with van der Waals surface area (Å²) in [5.41, 5.74) is 3.10. The van der Waals surface area contributed by atoms with E-state index in [0.29, 0.717) is 11.4 Å². The van der Waals surface area contributed by atoms with E-state index >= 15 is 0 Å². The van der Waals surface area contributed by atoms with Crippen LogP contribution in [0.4, 0.5) is 17.1 Å². The Bertz CT molecular complexity index is 790. The van der Waals surface area contributed by atoms with E-state index < -0.39 is 0 Å². The molecule has 0 spiro atoms. The Labute approximate surface area is 139 Å². The van der Waals surface area contributed by atoms with E-state index in [1.807, 2.05) is 31.3 Å². The van der Waals surface area contributed by atoms with Crippen LogP contribution in [0.2, 0.25) is 0 Å². The first-order chi connectivity index (χ1) is 11.7. The van der Waals surface area contributed by atoms with E-state index in [1.54, 1.807) is 24.3 Å². The number of azo groups is 1. The zero-order chi connectivity index (χ0) is 16.9. The van der Waals surface area contributed by atoms with E-state index in [0.717, 1.165) is 17.1 Å². The van der Waals surface area contributed by atoms with E-state index in [2.05, 4.69) is 15.5 Å². The summed E-state index contributed by atoms with van der Waals surface area (Å²) in [4.78, 5) is 24.4. The Hall–Kier alpha value is -3.12. The molecule has 0 bridgehead atoms.